The van der Waals surface area contributed by atoms with Crippen LogP contribution in [0.15, 0.2) is 103 Å². The van der Waals surface area contributed by atoms with E-state index in [1.807, 2.05) is 0 Å². The van der Waals surface area contributed by atoms with Gasteiger partial charge in [-0.2, -0.15) is 0 Å². The van der Waals surface area contributed by atoms with Gasteiger partial charge in [0.25, 0.3) is 0 Å². The van der Waals surface area contributed by atoms with Gasteiger partial charge < -0.3 is 0 Å². The molecule has 0 aromatic heterocycles. The highest BCUT2D eigenvalue weighted by Gasteiger charge is 2.49. The van der Waals surface area contributed by atoms with Gasteiger partial charge in [-0.05, 0) is 68.3 Å². The van der Waals surface area contributed by atoms with Gasteiger partial charge in [0.2, 0.25) is 0 Å². The van der Waals surface area contributed by atoms with Gasteiger partial charge in [0.15, 0.2) is 0 Å². The van der Waals surface area contributed by atoms with Crippen molar-refractivity contribution in [2.45, 2.75) is 20.8 Å². The van der Waals surface area contributed by atoms with E-state index in [0.29, 0.717) is 0 Å². The first-order chi connectivity index (χ1) is 13.6. The van der Waals surface area contributed by atoms with Gasteiger partial charge in [-0.3, -0.25) is 0 Å². The van der Waals surface area contributed by atoms with Crippen molar-refractivity contribution in [2.75, 3.05) is 0 Å². The highest BCUT2D eigenvalue weighted by molar-refractivity contribution is 8.01. The summed E-state index contributed by atoms with van der Waals surface area (Å²) in [6.07, 6.45) is 0. The molecule has 0 aliphatic heterocycles. The Labute approximate surface area is 193 Å². The molecular formula is C27H28Cl2P+. The van der Waals surface area contributed by atoms with Crippen LogP contribution in [0.1, 0.15) is 16.7 Å². The van der Waals surface area contributed by atoms with Crippen molar-refractivity contribution in [1.82, 2.24) is 0 Å². The van der Waals surface area contributed by atoms with Crippen molar-refractivity contribution in [3.05, 3.63) is 120 Å². The van der Waals surface area contributed by atoms with Crippen molar-refractivity contribution >= 4 is 53.3 Å². The molecule has 0 atom stereocenters. The standard InChI is InChI=1S/C27H26P.2ClH/c1-21-19-22(2)27(23(3)20-21)28(24-13-7-4-8-14-24,25-15-9-5-10-16-25)26-17-11-6-12-18-26;;/h4-20H,1-3H3;2*1H/q+1;;. The maximum absolute atomic E-state index is 2.34. The fraction of sp³-hybridized carbons (Fsp3) is 0.111. The summed E-state index contributed by atoms with van der Waals surface area (Å²) in [5.41, 5.74) is 4.08. The number of halogens is 2. The molecule has 0 saturated heterocycles. The zero-order valence-electron chi connectivity index (χ0n) is 17.6. The Bertz CT molecular complexity index is 958. The van der Waals surface area contributed by atoms with Gasteiger partial charge in [0.1, 0.15) is 28.5 Å². The highest BCUT2D eigenvalue weighted by atomic mass is 35.5. The van der Waals surface area contributed by atoms with Crippen LogP contribution in [0.3, 0.4) is 0 Å². The molecule has 0 heterocycles. The summed E-state index contributed by atoms with van der Waals surface area (Å²) in [5.74, 6) is 0. The third-order valence-electron chi connectivity index (χ3n) is 5.40. The van der Waals surface area contributed by atoms with E-state index in [4.69, 9.17) is 0 Å². The van der Waals surface area contributed by atoms with Gasteiger partial charge in [-0.25, -0.2) is 0 Å². The lowest BCUT2D eigenvalue weighted by atomic mass is 10.1. The van der Waals surface area contributed by atoms with Gasteiger partial charge in [0.05, 0.1) is 0 Å². The molecule has 0 spiro atoms. The lowest BCUT2D eigenvalue weighted by Crippen LogP contribution is -2.40. The molecule has 0 amide bonds. The van der Waals surface area contributed by atoms with Crippen LogP contribution in [-0.4, -0.2) is 0 Å². The minimum Gasteiger partial charge on any atom is -0.147 e. The number of benzene rings is 4. The summed E-state index contributed by atoms with van der Waals surface area (Å²) in [6.45, 7) is 6.75. The lowest BCUT2D eigenvalue weighted by molar-refractivity contribution is 1.35. The average Bonchev–Trinajstić information content (AvgIpc) is 2.72. The molecule has 154 valence electrons. The molecule has 4 aromatic rings. The largest absolute Gasteiger partial charge is 0.147 e. The topological polar surface area (TPSA) is 0 Å². The predicted molar refractivity (Wildman–Crippen MR) is 140 cm³/mol. The Morgan fingerprint density at radius 1 is 0.467 bits per heavy atom. The van der Waals surface area contributed by atoms with Crippen LogP contribution in [0.4, 0.5) is 0 Å². The van der Waals surface area contributed by atoms with Crippen molar-refractivity contribution in [3.8, 4) is 0 Å². The van der Waals surface area contributed by atoms with Crippen LogP contribution in [0.2, 0.25) is 0 Å². The van der Waals surface area contributed by atoms with Gasteiger partial charge in [-0.15, -0.1) is 24.8 Å². The summed E-state index contributed by atoms with van der Waals surface area (Å²) in [5, 5.41) is 5.70. The minimum atomic E-state index is -2.00. The number of aryl methyl sites for hydroxylation is 3. The number of hydrogen-bond acceptors (Lipinski definition) is 0. The maximum Gasteiger partial charge on any atom is 0.144 e. The minimum absolute atomic E-state index is 0. The van der Waals surface area contributed by atoms with Crippen molar-refractivity contribution < 1.29 is 0 Å². The Balaban J connectivity index is 0.00000160. The zero-order chi connectivity index (χ0) is 19.6. The molecule has 0 fully saturated rings. The van der Waals surface area contributed by atoms with E-state index >= 15 is 0 Å². The average molecular weight is 454 g/mol. The van der Waals surface area contributed by atoms with Crippen molar-refractivity contribution in [2.24, 2.45) is 0 Å². The SMILES string of the molecule is Cc1cc(C)c([P+](c2ccccc2)(c2ccccc2)c2ccccc2)c(C)c1.Cl.Cl. The van der Waals surface area contributed by atoms with E-state index in [0.717, 1.165) is 0 Å². The second kappa shape index (κ2) is 10.3. The van der Waals surface area contributed by atoms with Gasteiger partial charge in [-0.1, -0.05) is 72.3 Å². The van der Waals surface area contributed by atoms with E-state index in [-0.39, 0.29) is 24.8 Å². The smallest absolute Gasteiger partial charge is 0.144 e. The molecule has 0 N–H and O–H groups in total. The monoisotopic (exact) mass is 453 g/mol. The van der Waals surface area contributed by atoms with Crippen LogP contribution in [0.5, 0.6) is 0 Å². The molecule has 3 heteroatoms. The maximum atomic E-state index is 2.34. The highest BCUT2D eigenvalue weighted by Crippen LogP contribution is 2.55. The summed E-state index contributed by atoms with van der Waals surface area (Å²) < 4.78 is 0. The summed E-state index contributed by atoms with van der Waals surface area (Å²) in [7, 11) is -2.00. The Kier molecular flexibility index (Phi) is 8.27. The molecule has 0 unspecified atom stereocenters. The molecule has 0 saturated carbocycles. The third kappa shape index (κ3) is 4.19. The van der Waals surface area contributed by atoms with Gasteiger partial charge >= 0.3 is 0 Å². The number of hydrogen-bond donors (Lipinski definition) is 0. The molecule has 0 aliphatic carbocycles. The Morgan fingerprint density at radius 2 is 0.767 bits per heavy atom. The molecule has 0 aliphatic rings. The molecule has 0 bridgehead atoms. The zero-order valence-corrected chi connectivity index (χ0v) is 20.1. The van der Waals surface area contributed by atoms with Crippen LogP contribution >= 0.6 is 32.1 Å². The number of rotatable bonds is 4. The molecule has 0 nitrogen and oxygen atoms in total. The molecule has 0 radical (unpaired) electrons. The van der Waals surface area contributed by atoms with Crippen LogP contribution < -0.4 is 21.2 Å². The third-order valence-corrected chi connectivity index (χ3v) is 10.00. The Morgan fingerprint density at radius 3 is 1.07 bits per heavy atom. The predicted octanol–water partition coefficient (Wildman–Crippen LogP) is 6.07. The second-order valence-corrected chi connectivity index (χ2v) is 10.8. The fourth-order valence-electron chi connectivity index (χ4n) is 4.49. The van der Waals surface area contributed by atoms with E-state index in [1.165, 1.54) is 37.9 Å². The van der Waals surface area contributed by atoms with E-state index in [9.17, 15) is 0 Å². The first kappa shape index (κ1) is 24.2. The first-order valence-electron chi connectivity index (χ1n) is 9.78. The molecule has 30 heavy (non-hydrogen) atoms. The van der Waals surface area contributed by atoms with Crippen molar-refractivity contribution in [3.63, 3.8) is 0 Å². The molecular weight excluding hydrogens is 426 g/mol. The summed E-state index contributed by atoms with van der Waals surface area (Å²) in [4.78, 5) is 0. The summed E-state index contributed by atoms with van der Waals surface area (Å²) >= 11 is 0. The quantitative estimate of drug-likeness (QED) is 0.328. The fourth-order valence-corrected chi connectivity index (χ4v) is 9.21. The van der Waals surface area contributed by atoms with E-state index in [2.05, 4.69) is 124 Å². The van der Waals surface area contributed by atoms with Crippen molar-refractivity contribution in [1.29, 1.82) is 0 Å². The van der Waals surface area contributed by atoms with Crippen LogP contribution in [0, 0.1) is 20.8 Å². The normalized spacial score (nSPS) is 10.6. The summed E-state index contributed by atoms with van der Waals surface area (Å²) in [6, 6.07) is 37.9. The lowest BCUT2D eigenvalue weighted by Gasteiger charge is -2.30. The van der Waals surface area contributed by atoms with E-state index in [1.54, 1.807) is 0 Å². The second-order valence-electron chi connectivity index (χ2n) is 7.42. The first-order valence-corrected chi connectivity index (χ1v) is 11.6. The van der Waals surface area contributed by atoms with Crippen LogP contribution in [0.25, 0.3) is 0 Å². The molecule has 4 rings (SSSR count). The van der Waals surface area contributed by atoms with Crippen LogP contribution in [-0.2, 0) is 0 Å². The van der Waals surface area contributed by atoms with Gasteiger partial charge in [0, 0.05) is 0 Å². The molecule has 4 aromatic carbocycles. The Hall–Kier alpha value is -2.11. The van der Waals surface area contributed by atoms with E-state index < -0.39 is 7.26 Å².